The summed E-state index contributed by atoms with van der Waals surface area (Å²) in [7, 11) is 0. The predicted octanol–water partition coefficient (Wildman–Crippen LogP) is 1.55. The summed E-state index contributed by atoms with van der Waals surface area (Å²) in [6.45, 7) is 13.0. The third-order valence-electron chi connectivity index (χ3n) is 2.14. The molecule has 0 atom stereocenters. The van der Waals surface area contributed by atoms with Gasteiger partial charge in [-0.25, -0.2) is 14.4 Å². The van der Waals surface area contributed by atoms with Crippen molar-refractivity contribution in [1.29, 1.82) is 0 Å². The van der Waals surface area contributed by atoms with E-state index < -0.39 is 17.9 Å². The zero-order valence-electron chi connectivity index (χ0n) is 14.1. The Bertz CT molecular complexity index is 341. The van der Waals surface area contributed by atoms with Crippen LogP contribution in [0.15, 0.2) is 38.0 Å². The Morgan fingerprint density at radius 3 is 1.08 bits per heavy atom. The minimum absolute atomic E-state index is 0.0807. The van der Waals surface area contributed by atoms with Gasteiger partial charge in [0.15, 0.2) is 0 Å². The van der Waals surface area contributed by atoms with Gasteiger partial charge in [-0.2, -0.15) is 0 Å². The Morgan fingerprint density at radius 2 is 1.04 bits per heavy atom. The first kappa shape index (κ1) is 29.5. The number of hydrogen-bond donors (Lipinski definition) is 5. The summed E-state index contributed by atoms with van der Waals surface area (Å²) in [4.78, 5) is 27.8. The summed E-state index contributed by atoms with van der Waals surface area (Å²) in [6, 6.07) is 0. The topological polar surface area (TPSA) is 152 Å². The molecular formula is C16H28O8. The second kappa shape index (κ2) is 20.6. The molecule has 0 amide bonds. The van der Waals surface area contributed by atoms with Crippen molar-refractivity contribution in [2.45, 2.75) is 26.7 Å². The number of carboxylic acid groups (broad SMARTS) is 3. The molecule has 140 valence electrons. The number of rotatable bonds is 7. The molecule has 0 bridgehead atoms. The van der Waals surface area contributed by atoms with Crippen LogP contribution >= 0.6 is 0 Å². The highest BCUT2D eigenvalue weighted by Crippen LogP contribution is 2.20. The molecule has 0 fully saturated rings. The first-order valence-electron chi connectivity index (χ1n) is 6.77. The Balaban J connectivity index is -0.000000116. The highest BCUT2D eigenvalue weighted by molar-refractivity contribution is 5.79. The molecule has 0 saturated heterocycles. The van der Waals surface area contributed by atoms with E-state index in [0.29, 0.717) is 0 Å². The number of aliphatic hydroxyl groups is 2. The maximum Gasteiger partial charge on any atom is 0.327 e. The normalized spacial score (nSPS) is 8.50. The van der Waals surface area contributed by atoms with Gasteiger partial charge < -0.3 is 25.5 Å². The third kappa shape index (κ3) is 36.6. The minimum Gasteiger partial charge on any atom is -0.478 e. The van der Waals surface area contributed by atoms with E-state index in [0.717, 1.165) is 31.1 Å². The van der Waals surface area contributed by atoms with Crippen molar-refractivity contribution >= 4 is 17.9 Å². The molecule has 8 heteroatoms. The van der Waals surface area contributed by atoms with Crippen molar-refractivity contribution in [3.05, 3.63) is 38.0 Å². The molecule has 24 heavy (non-hydrogen) atoms. The average molecular weight is 348 g/mol. The summed E-state index contributed by atoms with van der Waals surface area (Å²) in [5.74, 6) is -2.94. The molecule has 8 nitrogen and oxygen atoms in total. The van der Waals surface area contributed by atoms with Crippen molar-refractivity contribution in [2.24, 2.45) is 5.41 Å². The monoisotopic (exact) mass is 348 g/mol. The van der Waals surface area contributed by atoms with Crippen LogP contribution in [-0.2, 0) is 14.4 Å². The Morgan fingerprint density at radius 1 is 0.833 bits per heavy atom. The molecule has 0 heterocycles. The first-order valence-corrected chi connectivity index (χ1v) is 6.77. The smallest absolute Gasteiger partial charge is 0.327 e. The standard InChI is InChI=1S/C7H16O2.3C3H4O2/c1-3-4-7(2,5-8)6-9;3*1-2-3(4)5/h8-9H,3-6H2,1-2H3;3*2H,1H2,(H,4,5). The molecule has 0 aliphatic rings. The first-order chi connectivity index (χ1) is 11.0. The number of aliphatic hydroxyl groups excluding tert-OH is 2. The molecule has 0 radical (unpaired) electrons. The van der Waals surface area contributed by atoms with Gasteiger partial charge in [-0.05, 0) is 6.42 Å². The van der Waals surface area contributed by atoms with Crippen molar-refractivity contribution in [3.63, 3.8) is 0 Å². The molecule has 0 aliphatic carbocycles. The minimum atomic E-state index is -0.981. The number of carbonyl (C=O) groups is 3. The summed E-state index contributed by atoms with van der Waals surface area (Å²) in [5, 5.41) is 40.3. The van der Waals surface area contributed by atoms with E-state index in [9.17, 15) is 14.4 Å². The van der Waals surface area contributed by atoms with Gasteiger partial charge in [-0.15, -0.1) is 0 Å². The van der Waals surface area contributed by atoms with Crippen LogP contribution in [0.1, 0.15) is 26.7 Å². The summed E-state index contributed by atoms with van der Waals surface area (Å²) in [5.41, 5.74) is -0.255. The largest absolute Gasteiger partial charge is 0.478 e. The summed E-state index contributed by atoms with van der Waals surface area (Å²) < 4.78 is 0. The van der Waals surface area contributed by atoms with Crippen molar-refractivity contribution in [3.8, 4) is 0 Å². The van der Waals surface area contributed by atoms with E-state index in [1.54, 1.807) is 0 Å². The molecule has 0 rings (SSSR count). The van der Waals surface area contributed by atoms with Crippen molar-refractivity contribution in [2.75, 3.05) is 13.2 Å². The van der Waals surface area contributed by atoms with Gasteiger partial charge in [0.1, 0.15) is 0 Å². The van der Waals surface area contributed by atoms with Crippen LogP contribution in [0, 0.1) is 5.41 Å². The predicted molar refractivity (Wildman–Crippen MR) is 90.7 cm³/mol. The van der Waals surface area contributed by atoms with Crippen molar-refractivity contribution in [1.82, 2.24) is 0 Å². The fourth-order valence-corrected chi connectivity index (χ4v) is 0.812. The molecule has 0 saturated carbocycles. The average Bonchev–Trinajstić information content (AvgIpc) is 2.56. The molecule has 0 aromatic carbocycles. The Kier molecular flexibility index (Phi) is 25.3. The van der Waals surface area contributed by atoms with E-state index >= 15 is 0 Å². The number of hydrogen-bond acceptors (Lipinski definition) is 5. The Labute approximate surface area is 142 Å². The third-order valence-corrected chi connectivity index (χ3v) is 2.14. The van der Waals surface area contributed by atoms with Gasteiger partial charge in [0.2, 0.25) is 0 Å². The van der Waals surface area contributed by atoms with E-state index in [1.807, 2.05) is 13.8 Å². The van der Waals surface area contributed by atoms with Gasteiger partial charge in [0, 0.05) is 23.6 Å². The molecule has 0 spiro atoms. The van der Waals surface area contributed by atoms with Gasteiger partial charge in [-0.1, -0.05) is 40.0 Å². The number of carboxylic acids is 3. The van der Waals surface area contributed by atoms with E-state index in [2.05, 4.69) is 19.7 Å². The quantitative estimate of drug-likeness (QED) is 0.434. The summed E-state index contributed by atoms with van der Waals surface area (Å²) in [6.07, 6.45) is 4.40. The molecule has 0 aliphatic heterocycles. The van der Waals surface area contributed by atoms with Crippen LogP contribution in [0.4, 0.5) is 0 Å². The molecule has 0 aromatic heterocycles. The zero-order chi connectivity index (χ0) is 20.2. The van der Waals surface area contributed by atoms with Gasteiger partial charge in [0.25, 0.3) is 0 Å². The van der Waals surface area contributed by atoms with Gasteiger partial charge in [0.05, 0.1) is 13.2 Å². The second-order valence-electron chi connectivity index (χ2n) is 4.50. The molecule has 0 unspecified atom stereocenters. The van der Waals surface area contributed by atoms with Crippen LogP contribution in [0.25, 0.3) is 0 Å². The maximum absolute atomic E-state index is 9.25. The highest BCUT2D eigenvalue weighted by atomic mass is 16.4. The van der Waals surface area contributed by atoms with Gasteiger partial charge in [-0.3, -0.25) is 0 Å². The molecule has 5 N–H and O–H groups in total. The number of aliphatic carboxylic acids is 3. The van der Waals surface area contributed by atoms with Crippen LogP contribution < -0.4 is 0 Å². The lowest BCUT2D eigenvalue weighted by Gasteiger charge is -2.23. The van der Waals surface area contributed by atoms with Crippen LogP contribution in [0.2, 0.25) is 0 Å². The fraction of sp³-hybridized carbons (Fsp3) is 0.438. The van der Waals surface area contributed by atoms with Crippen molar-refractivity contribution < 1.29 is 39.9 Å². The lowest BCUT2D eigenvalue weighted by Crippen LogP contribution is -2.25. The SMILES string of the molecule is C=CC(=O)O.C=CC(=O)O.C=CC(=O)O.CCCC(C)(CO)CO. The highest BCUT2D eigenvalue weighted by Gasteiger charge is 2.20. The zero-order valence-corrected chi connectivity index (χ0v) is 14.1. The lowest BCUT2D eigenvalue weighted by atomic mass is 9.88. The lowest BCUT2D eigenvalue weighted by molar-refractivity contribution is -0.132. The van der Waals surface area contributed by atoms with E-state index in [1.165, 1.54) is 0 Å². The fourth-order valence-electron chi connectivity index (χ4n) is 0.812. The van der Waals surface area contributed by atoms with E-state index in [4.69, 9.17) is 25.5 Å². The van der Waals surface area contributed by atoms with Gasteiger partial charge >= 0.3 is 17.9 Å². The van der Waals surface area contributed by atoms with Crippen LogP contribution in [-0.4, -0.2) is 56.7 Å². The Hall–Kier alpha value is -2.45. The van der Waals surface area contributed by atoms with E-state index in [-0.39, 0.29) is 18.6 Å². The molecule has 0 aromatic rings. The van der Waals surface area contributed by atoms with Crippen LogP contribution in [0.5, 0.6) is 0 Å². The second-order valence-corrected chi connectivity index (χ2v) is 4.50. The van der Waals surface area contributed by atoms with Crippen LogP contribution in [0.3, 0.4) is 0 Å². The summed E-state index contributed by atoms with van der Waals surface area (Å²) >= 11 is 0. The maximum atomic E-state index is 9.25. The molecular weight excluding hydrogens is 320 g/mol.